The molecular formula is C20H22N4O3S. The molecule has 1 atom stereocenters. The molecule has 1 aromatic carbocycles. The normalized spacial score (nSPS) is 11.9. The number of benzene rings is 1. The van der Waals surface area contributed by atoms with Crippen LogP contribution in [-0.4, -0.2) is 31.7 Å². The van der Waals surface area contributed by atoms with Gasteiger partial charge in [-0.05, 0) is 49.7 Å². The Morgan fingerprint density at radius 3 is 2.71 bits per heavy atom. The number of anilines is 1. The summed E-state index contributed by atoms with van der Waals surface area (Å²) in [5, 5.41) is 11.2. The lowest BCUT2D eigenvalue weighted by atomic mass is 10.1. The standard InChI is InChI=1S/C20H22N4O3S/c1-3-5-18(25)22-16-9-7-15(8-10-16)19(26)14(2)28-20-23-21-13-24(20)12-17-6-4-11-27-17/h4,6-11,13-14H,3,5,12H2,1-2H3,(H,22,25). The Kier molecular flexibility index (Phi) is 6.65. The molecule has 0 saturated heterocycles. The van der Waals surface area contributed by atoms with Crippen molar-refractivity contribution in [2.45, 2.75) is 43.6 Å². The van der Waals surface area contributed by atoms with Crippen molar-refractivity contribution in [3.8, 4) is 0 Å². The van der Waals surface area contributed by atoms with Crippen LogP contribution in [0.25, 0.3) is 0 Å². The van der Waals surface area contributed by atoms with Gasteiger partial charge in [-0.25, -0.2) is 0 Å². The molecule has 1 amide bonds. The van der Waals surface area contributed by atoms with Crippen LogP contribution in [-0.2, 0) is 11.3 Å². The van der Waals surface area contributed by atoms with Crippen LogP contribution in [0.3, 0.4) is 0 Å². The molecule has 0 saturated carbocycles. The van der Waals surface area contributed by atoms with E-state index < -0.39 is 0 Å². The van der Waals surface area contributed by atoms with E-state index in [0.717, 1.165) is 12.2 Å². The smallest absolute Gasteiger partial charge is 0.224 e. The van der Waals surface area contributed by atoms with Crippen LogP contribution < -0.4 is 5.32 Å². The summed E-state index contributed by atoms with van der Waals surface area (Å²) in [6.45, 7) is 4.31. The number of nitrogens with zero attached hydrogens (tertiary/aromatic N) is 3. The van der Waals surface area contributed by atoms with Crippen molar-refractivity contribution in [1.29, 1.82) is 0 Å². The Bertz CT molecular complexity index is 919. The lowest BCUT2D eigenvalue weighted by Crippen LogP contribution is -2.15. The van der Waals surface area contributed by atoms with Gasteiger partial charge in [0.05, 0.1) is 18.1 Å². The fourth-order valence-electron chi connectivity index (χ4n) is 2.63. The summed E-state index contributed by atoms with van der Waals surface area (Å²) < 4.78 is 7.20. The van der Waals surface area contributed by atoms with Gasteiger partial charge in [0.25, 0.3) is 0 Å². The zero-order valence-electron chi connectivity index (χ0n) is 15.8. The highest BCUT2D eigenvalue weighted by molar-refractivity contribution is 8.00. The third kappa shape index (κ3) is 5.10. The third-order valence-electron chi connectivity index (χ3n) is 4.07. The number of carbonyl (C=O) groups is 2. The first-order chi connectivity index (χ1) is 13.6. The second kappa shape index (κ2) is 9.36. The highest BCUT2D eigenvalue weighted by atomic mass is 32.2. The van der Waals surface area contributed by atoms with E-state index in [-0.39, 0.29) is 16.9 Å². The van der Waals surface area contributed by atoms with Crippen molar-refractivity contribution in [3.63, 3.8) is 0 Å². The SMILES string of the molecule is CCCC(=O)Nc1ccc(C(=O)C(C)Sc2nncn2Cc2ccco2)cc1. The summed E-state index contributed by atoms with van der Waals surface area (Å²) in [4.78, 5) is 24.4. The Morgan fingerprint density at radius 1 is 1.25 bits per heavy atom. The maximum atomic E-state index is 12.8. The molecule has 8 heteroatoms. The van der Waals surface area contributed by atoms with Gasteiger partial charge in [-0.3, -0.25) is 9.59 Å². The number of carbonyl (C=O) groups excluding carboxylic acids is 2. The van der Waals surface area contributed by atoms with E-state index in [1.807, 2.05) is 30.5 Å². The average molecular weight is 398 g/mol. The molecule has 0 fully saturated rings. The maximum absolute atomic E-state index is 12.8. The number of ketones is 1. The van der Waals surface area contributed by atoms with Crippen LogP contribution in [0.5, 0.6) is 0 Å². The molecule has 0 aliphatic carbocycles. The van der Waals surface area contributed by atoms with E-state index in [1.54, 1.807) is 36.9 Å². The van der Waals surface area contributed by atoms with Gasteiger partial charge < -0.3 is 14.3 Å². The summed E-state index contributed by atoms with van der Waals surface area (Å²) in [5.41, 5.74) is 1.28. The molecule has 7 nitrogen and oxygen atoms in total. The largest absolute Gasteiger partial charge is 0.467 e. The molecule has 0 bridgehead atoms. The zero-order valence-corrected chi connectivity index (χ0v) is 16.6. The van der Waals surface area contributed by atoms with Crippen molar-refractivity contribution in [2.75, 3.05) is 5.32 Å². The Morgan fingerprint density at radius 2 is 2.04 bits per heavy atom. The first-order valence-electron chi connectivity index (χ1n) is 9.07. The van der Waals surface area contributed by atoms with Crippen molar-refractivity contribution in [1.82, 2.24) is 14.8 Å². The highest BCUT2D eigenvalue weighted by Gasteiger charge is 2.20. The number of nitrogens with one attached hydrogen (secondary N) is 1. The average Bonchev–Trinajstić information content (AvgIpc) is 3.35. The van der Waals surface area contributed by atoms with E-state index in [1.165, 1.54) is 11.8 Å². The molecule has 2 heterocycles. The number of aromatic nitrogens is 3. The van der Waals surface area contributed by atoms with Crippen LogP contribution in [0.4, 0.5) is 5.69 Å². The Hall–Kier alpha value is -2.87. The fraction of sp³-hybridized carbons (Fsp3) is 0.300. The third-order valence-corrected chi connectivity index (χ3v) is 5.16. The molecule has 3 rings (SSSR count). The summed E-state index contributed by atoms with van der Waals surface area (Å²) >= 11 is 1.35. The molecule has 0 aliphatic heterocycles. The number of furan rings is 1. The van der Waals surface area contributed by atoms with E-state index >= 15 is 0 Å². The first kappa shape index (κ1) is 19.9. The number of rotatable bonds is 9. The molecule has 28 heavy (non-hydrogen) atoms. The molecule has 2 aromatic heterocycles. The van der Waals surface area contributed by atoms with Crippen LogP contribution in [0.2, 0.25) is 0 Å². The highest BCUT2D eigenvalue weighted by Crippen LogP contribution is 2.25. The van der Waals surface area contributed by atoms with Gasteiger partial charge >= 0.3 is 0 Å². The molecule has 1 N–H and O–H groups in total. The number of hydrogen-bond donors (Lipinski definition) is 1. The molecule has 146 valence electrons. The van der Waals surface area contributed by atoms with E-state index in [2.05, 4.69) is 15.5 Å². The van der Waals surface area contributed by atoms with Crippen molar-refractivity contribution < 1.29 is 14.0 Å². The lowest BCUT2D eigenvalue weighted by Gasteiger charge is -2.11. The minimum absolute atomic E-state index is 0.0102. The van der Waals surface area contributed by atoms with Crippen LogP contribution in [0.15, 0.2) is 58.6 Å². The topological polar surface area (TPSA) is 90.0 Å². The number of Topliss-reactive ketones (excluding diaryl/α,β-unsaturated/α-hetero) is 1. The van der Waals surface area contributed by atoms with Gasteiger partial charge in [-0.15, -0.1) is 10.2 Å². The number of amides is 1. The van der Waals surface area contributed by atoms with Crippen LogP contribution >= 0.6 is 11.8 Å². The fourth-order valence-corrected chi connectivity index (χ4v) is 3.53. The number of hydrogen-bond acceptors (Lipinski definition) is 6. The molecule has 0 spiro atoms. The van der Waals surface area contributed by atoms with Gasteiger partial charge in [-0.2, -0.15) is 0 Å². The van der Waals surface area contributed by atoms with E-state index in [0.29, 0.717) is 29.4 Å². The molecular weight excluding hydrogens is 376 g/mol. The van der Waals surface area contributed by atoms with E-state index in [9.17, 15) is 9.59 Å². The summed E-state index contributed by atoms with van der Waals surface area (Å²) in [6.07, 6.45) is 4.51. The summed E-state index contributed by atoms with van der Waals surface area (Å²) in [5.74, 6) is 0.756. The first-order valence-corrected chi connectivity index (χ1v) is 9.95. The summed E-state index contributed by atoms with van der Waals surface area (Å²) in [6, 6.07) is 10.7. The second-order valence-electron chi connectivity index (χ2n) is 6.32. The van der Waals surface area contributed by atoms with Crippen molar-refractivity contribution in [2.24, 2.45) is 0 Å². The molecule has 1 unspecified atom stereocenters. The minimum Gasteiger partial charge on any atom is -0.467 e. The monoisotopic (exact) mass is 398 g/mol. The molecule has 0 aliphatic rings. The van der Waals surface area contributed by atoms with Gasteiger partial charge in [0.1, 0.15) is 12.1 Å². The predicted octanol–water partition coefficient (Wildman–Crippen LogP) is 4.02. The lowest BCUT2D eigenvalue weighted by molar-refractivity contribution is -0.116. The van der Waals surface area contributed by atoms with Gasteiger partial charge in [-0.1, -0.05) is 18.7 Å². The van der Waals surface area contributed by atoms with Crippen molar-refractivity contribution >= 4 is 29.1 Å². The molecule has 3 aromatic rings. The van der Waals surface area contributed by atoms with Gasteiger partial charge in [0, 0.05) is 17.7 Å². The van der Waals surface area contributed by atoms with Gasteiger partial charge in [0.15, 0.2) is 10.9 Å². The van der Waals surface area contributed by atoms with Crippen LogP contribution in [0, 0.1) is 0 Å². The van der Waals surface area contributed by atoms with Crippen molar-refractivity contribution in [3.05, 3.63) is 60.3 Å². The number of thioether (sulfide) groups is 1. The second-order valence-corrected chi connectivity index (χ2v) is 7.63. The predicted molar refractivity (Wildman–Crippen MR) is 107 cm³/mol. The minimum atomic E-state index is -0.333. The summed E-state index contributed by atoms with van der Waals surface area (Å²) in [7, 11) is 0. The maximum Gasteiger partial charge on any atom is 0.224 e. The Balaban J connectivity index is 1.62. The Labute approximate surface area is 167 Å². The van der Waals surface area contributed by atoms with Crippen LogP contribution in [0.1, 0.15) is 42.8 Å². The quantitative estimate of drug-likeness (QED) is 0.432. The van der Waals surface area contributed by atoms with E-state index in [4.69, 9.17) is 4.42 Å². The molecule has 0 radical (unpaired) electrons. The zero-order chi connectivity index (χ0) is 19.9. The van der Waals surface area contributed by atoms with Gasteiger partial charge in [0.2, 0.25) is 5.91 Å².